The Labute approximate surface area is 134 Å². The van der Waals surface area contributed by atoms with Gasteiger partial charge in [0.1, 0.15) is 0 Å². The number of hydrogen-bond donors (Lipinski definition) is 1. The number of nitrogens with zero attached hydrogens (tertiary/aromatic N) is 2. The number of nitrogens with one attached hydrogen (secondary N) is 1. The van der Waals surface area contributed by atoms with Crippen molar-refractivity contribution in [3.8, 4) is 0 Å². The Morgan fingerprint density at radius 2 is 1.73 bits per heavy atom. The Morgan fingerprint density at radius 1 is 1.14 bits per heavy atom. The van der Waals surface area contributed by atoms with Crippen LogP contribution in [0.4, 0.5) is 0 Å². The van der Waals surface area contributed by atoms with Gasteiger partial charge in [-0.2, -0.15) is 4.31 Å². The maximum absolute atomic E-state index is 12.4. The molecule has 1 amide bonds. The lowest BCUT2D eigenvalue weighted by Crippen LogP contribution is -2.56. The molecule has 2 rings (SSSR count). The first kappa shape index (κ1) is 17.7. The molecular weight excluding hydrogens is 302 g/mol. The fourth-order valence-corrected chi connectivity index (χ4v) is 4.37. The molecule has 0 aromatic heterocycles. The molecule has 2 fully saturated rings. The van der Waals surface area contributed by atoms with E-state index in [9.17, 15) is 13.2 Å². The van der Waals surface area contributed by atoms with Crippen LogP contribution in [0, 0.1) is 0 Å². The Bertz CT molecular complexity index is 466. The summed E-state index contributed by atoms with van der Waals surface area (Å²) >= 11 is 0. The van der Waals surface area contributed by atoms with Gasteiger partial charge in [-0.05, 0) is 26.7 Å². The second kappa shape index (κ2) is 7.75. The zero-order valence-corrected chi connectivity index (χ0v) is 14.6. The Kier molecular flexibility index (Phi) is 6.23. The monoisotopic (exact) mass is 331 g/mol. The lowest BCUT2D eigenvalue weighted by molar-refractivity contribution is -0.127. The number of piperazine rings is 1. The van der Waals surface area contributed by atoms with Crippen molar-refractivity contribution >= 4 is 15.9 Å². The Balaban J connectivity index is 1.81. The summed E-state index contributed by atoms with van der Waals surface area (Å²) in [5.74, 6) is 0.226. The number of rotatable bonds is 5. The van der Waals surface area contributed by atoms with Crippen molar-refractivity contribution in [2.75, 3.05) is 31.9 Å². The summed E-state index contributed by atoms with van der Waals surface area (Å²) in [5, 5.41) is 3.16. The molecule has 6 nitrogen and oxygen atoms in total. The van der Waals surface area contributed by atoms with Crippen LogP contribution < -0.4 is 5.32 Å². The third kappa shape index (κ3) is 4.43. The van der Waals surface area contributed by atoms with Crippen molar-refractivity contribution in [1.29, 1.82) is 0 Å². The van der Waals surface area contributed by atoms with Crippen LogP contribution in [0.2, 0.25) is 0 Å². The van der Waals surface area contributed by atoms with Gasteiger partial charge >= 0.3 is 0 Å². The minimum atomic E-state index is -3.11. The third-order valence-corrected chi connectivity index (χ3v) is 6.79. The molecule has 1 heterocycles. The first-order chi connectivity index (χ1) is 10.4. The molecule has 1 aliphatic heterocycles. The van der Waals surface area contributed by atoms with Gasteiger partial charge in [0.15, 0.2) is 0 Å². The molecule has 0 aromatic rings. The Morgan fingerprint density at radius 3 is 2.27 bits per heavy atom. The Hall–Kier alpha value is -0.660. The van der Waals surface area contributed by atoms with Crippen LogP contribution in [0.3, 0.4) is 0 Å². The molecule has 0 aromatic carbocycles. The van der Waals surface area contributed by atoms with Crippen LogP contribution in [0.25, 0.3) is 0 Å². The van der Waals surface area contributed by atoms with Crippen molar-refractivity contribution in [3.05, 3.63) is 0 Å². The van der Waals surface area contributed by atoms with Gasteiger partial charge in [-0.1, -0.05) is 19.3 Å². The minimum absolute atomic E-state index is 0.0821. The van der Waals surface area contributed by atoms with Crippen LogP contribution in [0.5, 0.6) is 0 Å². The van der Waals surface area contributed by atoms with E-state index in [4.69, 9.17) is 0 Å². The van der Waals surface area contributed by atoms with E-state index >= 15 is 0 Å². The smallest absolute Gasteiger partial charge is 0.237 e. The molecule has 7 heteroatoms. The average molecular weight is 331 g/mol. The number of carbonyl (C=O) groups is 1. The van der Waals surface area contributed by atoms with E-state index in [-0.39, 0.29) is 17.7 Å². The normalized spacial score (nSPS) is 24.1. The highest BCUT2D eigenvalue weighted by molar-refractivity contribution is 7.89. The predicted molar refractivity (Wildman–Crippen MR) is 87.1 cm³/mol. The molecule has 1 unspecified atom stereocenters. The molecule has 1 aliphatic carbocycles. The molecule has 1 N–H and O–H groups in total. The topological polar surface area (TPSA) is 69.7 Å². The van der Waals surface area contributed by atoms with Crippen LogP contribution in [0.1, 0.15) is 46.0 Å². The molecular formula is C15H29N3O3S. The molecule has 0 bridgehead atoms. The summed E-state index contributed by atoms with van der Waals surface area (Å²) < 4.78 is 25.2. The highest BCUT2D eigenvalue weighted by Crippen LogP contribution is 2.18. The van der Waals surface area contributed by atoms with Gasteiger partial charge in [0.05, 0.1) is 11.8 Å². The minimum Gasteiger partial charge on any atom is -0.352 e. The first-order valence-corrected chi connectivity index (χ1v) is 10.1. The quantitative estimate of drug-likeness (QED) is 0.809. The fraction of sp³-hybridized carbons (Fsp3) is 0.933. The summed E-state index contributed by atoms with van der Waals surface area (Å²) in [4.78, 5) is 14.4. The number of carbonyl (C=O) groups excluding carboxylic acids is 1. The standard InChI is InChI=1S/C15H29N3O3S/c1-3-22(20,21)18-11-9-17(10-12-18)13(2)15(19)16-14-7-5-4-6-8-14/h13-14H,3-12H2,1-2H3,(H,16,19). The van der Waals surface area contributed by atoms with Gasteiger partial charge in [-0.15, -0.1) is 0 Å². The second-order valence-electron chi connectivity index (χ2n) is 6.36. The van der Waals surface area contributed by atoms with Gasteiger partial charge in [-0.3, -0.25) is 9.69 Å². The number of amides is 1. The van der Waals surface area contributed by atoms with E-state index < -0.39 is 10.0 Å². The van der Waals surface area contributed by atoms with Crippen LogP contribution in [0.15, 0.2) is 0 Å². The van der Waals surface area contributed by atoms with E-state index in [1.807, 2.05) is 6.92 Å². The SMILES string of the molecule is CCS(=O)(=O)N1CCN(C(C)C(=O)NC2CCCCC2)CC1. The van der Waals surface area contributed by atoms with Crippen molar-refractivity contribution in [1.82, 2.24) is 14.5 Å². The largest absolute Gasteiger partial charge is 0.352 e. The zero-order chi connectivity index (χ0) is 16.2. The van der Waals surface area contributed by atoms with Gasteiger partial charge in [0.2, 0.25) is 15.9 Å². The van der Waals surface area contributed by atoms with E-state index in [0.717, 1.165) is 12.8 Å². The van der Waals surface area contributed by atoms with E-state index in [1.165, 1.54) is 23.6 Å². The molecule has 128 valence electrons. The second-order valence-corrected chi connectivity index (χ2v) is 8.61. The zero-order valence-electron chi connectivity index (χ0n) is 13.8. The summed E-state index contributed by atoms with van der Waals surface area (Å²) in [6.07, 6.45) is 5.84. The molecule has 1 saturated heterocycles. The maximum Gasteiger partial charge on any atom is 0.237 e. The van der Waals surface area contributed by atoms with Crippen LogP contribution >= 0.6 is 0 Å². The van der Waals surface area contributed by atoms with Crippen molar-refractivity contribution in [2.24, 2.45) is 0 Å². The van der Waals surface area contributed by atoms with E-state index in [1.54, 1.807) is 6.92 Å². The summed E-state index contributed by atoms with van der Waals surface area (Å²) in [7, 11) is -3.11. The lowest BCUT2D eigenvalue weighted by atomic mass is 9.95. The van der Waals surface area contributed by atoms with Crippen molar-refractivity contribution < 1.29 is 13.2 Å². The molecule has 0 spiro atoms. The summed E-state index contributed by atoms with van der Waals surface area (Å²) in [5.41, 5.74) is 0. The van der Waals surface area contributed by atoms with Crippen LogP contribution in [-0.4, -0.2) is 67.5 Å². The highest BCUT2D eigenvalue weighted by Gasteiger charge is 2.30. The highest BCUT2D eigenvalue weighted by atomic mass is 32.2. The van der Waals surface area contributed by atoms with Gasteiger partial charge in [0.25, 0.3) is 0 Å². The fourth-order valence-electron chi connectivity index (χ4n) is 3.29. The molecule has 1 saturated carbocycles. The van der Waals surface area contributed by atoms with Crippen molar-refractivity contribution in [2.45, 2.75) is 58.0 Å². The molecule has 22 heavy (non-hydrogen) atoms. The number of sulfonamides is 1. The third-order valence-electron chi connectivity index (χ3n) is 4.91. The van der Waals surface area contributed by atoms with Gasteiger partial charge < -0.3 is 5.32 Å². The van der Waals surface area contributed by atoms with E-state index in [0.29, 0.717) is 32.2 Å². The van der Waals surface area contributed by atoms with Gasteiger partial charge in [-0.25, -0.2) is 8.42 Å². The molecule has 0 radical (unpaired) electrons. The maximum atomic E-state index is 12.4. The average Bonchev–Trinajstić information content (AvgIpc) is 2.55. The van der Waals surface area contributed by atoms with Crippen molar-refractivity contribution in [3.63, 3.8) is 0 Å². The van der Waals surface area contributed by atoms with Crippen LogP contribution in [-0.2, 0) is 14.8 Å². The molecule has 2 aliphatic rings. The predicted octanol–water partition coefficient (Wildman–Crippen LogP) is 0.791. The summed E-state index contributed by atoms with van der Waals surface area (Å²) in [6.45, 7) is 5.80. The lowest BCUT2D eigenvalue weighted by Gasteiger charge is -2.37. The first-order valence-electron chi connectivity index (χ1n) is 8.46. The molecule has 1 atom stereocenters. The van der Waals surface area contributed by atoms with E-state index in [2.05, 4.69) is 10.2 Å². The van der Waals surface area contributed by atoms with Gasteiger partial charge in [0, 0.05) is 32.2 Å². The number of hydrogen-bond acceptors (Lipinski definition) is 4. The summed E-state index contributed by atoms with van der Waals surface area (Å²) in [6, 6.07) is 0.138.